The average Bonchev–Trinajstić information content (AvgIpc) is 3.73. The molecule has 0 bridgehead atoms. The molecule has 16 atom stereocenters. The van der Waals surface area contributed by atoms with Crippen molar-refractivity contribution in [2.45, 2.75) is 144 Å². The van der Waals surface area contributed by atoms with Crippen LogP contribution in [0.1, 0.15) is 40.7 Å². The number of alkyl carbamates (subject to hydrolysis) is 1. The van der Waals surface area contributed by atoms with Crippen LogP contribution in [0, 0.1) is 0 Å². The van der Waals surface area contributed by atoms with Gasteiger partial charge in [0, 0.05) is 32.6 Å². The monoisotopic (exact) mass is 1180 g/mol. The number of carbonyl (C=O) groups excluding carboxylic acids is 2. The van der Waals surface area contributed by atoms with Crippen LogP contribution >= 0.6 is 0 Å². The quantitative estimate of drug-likeness (QED) is 0.0173. The van der Waals surface area contributed by atoms with Crippen LogP contribution in [0.25, 0.3) is 41.8 Å². The van der Waals surface area contributed by atoms with E-state index in [0.29, 0.717) is 11.1 Å². The Bertz CT molecular complexity index is 3090. The SMILES string of the molecule is [N-]=[N+]=NC[C@H]1O[C@H](O[C@H]2[C@H](O)[C@@H](O[C@H]3O[C@H](COCc4ccccc4)[C@@H](OCc4ccccc4)[C@H](N=[N+]=[N-])[C@H]3OCc3ccccc3)[C@H](NC(=O)[C@H](CCNC(=O)OCc3ccccc3)OCc3ccccc3)C[C@@H]2N=[N+]=[N-])[C@H](N=[N+]=[N-])[C@@H](O)[C@@H]1O. The molecule has 2 saturated heterocycles. The highest BCUT2D eigenvalue weighted by Crippen LogP contribution is 2.37. The molecule has 28 nitrogen and oxygen atoms in total. The minimum Gasteiger partial charge on any atom is -0.445 e. The summed E-state index contributed by atoms with van der Waals surface area (Å²) in [5.74, 6) is -0.766. The van der Waals surface area contributed by atoms with Crippen molar-refractivity contribution >= 4 is 12.0 Å². The highest BCUT2D eigenvalue weighted by atomic mass is 16.7. The maximum Gasteiger partial charge on any atom is 0.407 e. The molecule has 0 radical (unpaired) electrons. The smallest absolute Gasteiger partial charge is 0.407 e. The number of aliphatic hydroxyl groups is 3. The van der Waals surface area contributed by atoms with Gasteiger partial charge in [0.25, 0.3) is 0 Å². The van der Waals surface area contributed by atoms with Gasteiger partial charge in [0.15, 0.2) is 12.6 Å². The van der Waals surface area contributed by atoms with E-state index in [1.165, 1.54) is 0 Å². The minimum atomic E-state index is -2.00. The molecule has 2 amide bonds. The molecular weight excluding hydrogens is 1120 g/mol. The first-order valence-electron chi connectivity index (χ1n) is 27.7. The van der Waals surface area contributed by atoms with Crippen LogP contribution in [0.3, 0.4) is 0 Å². The van der Waals surface area contributed by atoms with Crippen molar-refractivity contribution in [2.24, 2.45) is 20.5 Å². The van der Waals surface area contributed by atoms with Crippen LogP contribution < -0.4 is 10.6 Å². The number of aliphatic hydroxyl groups excluding tert-OH is 3. The third-order valence-electron chi connectivity index (χ3n) is 14.5. The Balaban J connectivity index is 1.16. The molecule has 2 heterocycles. The van der Waals surface area contributed by atoms with Gasteiger partial charge in [-0.25, -0.2) is 4.79 Å². The Labute approximate surface area is 493 Å². The second kappa shape index (κ2) is 33.4. The zero-order valence-corrected chi connectivity index (χ0v) is 46.4. The van der Waals surface area contributed by atoms with Gasteiger partial charge < -0.3 is 68.6 Å². The fraction of sp³-hybridized carbons (Fsp3) is 0.448. The summed E-state index contributed by atoms with van der Waals surface area (Å²) in [7, 11) is 0. The second-order valence-electron chi connectivity index (χ2n) is 20.3. The number of ether oxygens (including phenoxy) is 9. The number of benzene rings is 5. The van der Waals surface area contributed by atoms with E-state index in [4.69, 9.17) is 48.2 Å². The normalized spacial score (nSPS) is 27.3. The summed E-state index contributed by atoms with van der Waals surface area (Å²) in [4.78, 5) is 39.7. The molecule has 8 rings (SSSR count). The van der Waals surface area contributed by atoms with E-state index in [1.807, 2.05) is 91.0 Å². The molecule has 5 aromatic rings. The number of hydrogen-bond donors (Lipinski definition) is 5. The van der Waals surface area contributed by atoms with Gasteiger partial charge in [-0.3, -0.25) is 4.79 Å². The van der Waals surface area contributed by atoms with Crippen LogP contribution in [0.5, 0.6) is 0 Å². The third kappa shape index (κ3) is 18.1. The number of azide groups is 4. The average molecular weight is 1180 g/mol. The molecule has 2 aliphatic heterocycles. The predicted octanol–water partition coefficient (Wildman–Crippen LogP) is 7.81. The topological polar surface area (TPSA) is 397 Å². The highest BCUT2D eigenvalue weighted by molar-refractivity contribution is 5.81. The van der Waals surface area contributed by atoms with Gasteiger partial charge in [-0.05, 0) is 56.4 Å². The van der Waals surface area contributed by atoms with E-state index in [1.54, 1.807) is 60.7 Å². The summed E-state index contributed by atoms with van der Waals surface area (Å²) in [5.41, 5.74) is 43.0. The maximum atomic E-state index is 15.0. The Morgan fingerprint density at radius 2 is 1.07 bits per heavy atom. The molecule has 86 heavy (non-hydrogen) atoms. The summed E-state index contributed by atoms with van der Waals surface area (Å²) >= 11 is 0. The summed E-state index contributed by atoms with van der Waals surface area (Å²) in [6.07, 6.45) is -20.0. The lowest BCUT2D eigenvalue weighted by Crippen LogP contribution is -2.67. The van der Waals surface area contributed by atoms with Crippen LogP contribution in [0.4, 0.5) is 4.79 Å². The van der Waals surface area contributed by atoms with Gasteiger partial charge in [-0.1, -0.05) is 172 Å². The molecule has 3 aliphatic rings. The van der Waals surface area contributed by atoms with E-state index in [0.717, 1.165) is 16.7 Å². The van der Waals surface area contributed by atoms with Crippen molar-refractivity contribution < 1.29 is 67.5 Å². The van der Waals surface area contributed by atoms with E-state index in [-0.39, 0.29) is 59.0 Å². The number of carbonyl (C=O) groups is 2. The van der Waals surface area contributed by atoms with Gasteiger partial charge in [0.05, 0.1) is 82.1 Å². The lowest BCUT2D eigenvalue weighted by Gasteiger charge is -2.50. The number of amides is 2. The van der Waals surface area contributed by atoms with Gasteiger partial charge in [-0.2, -0.15) is 0 Å². The van der Waals surface area contributed by atoms with E-state index < -0.39 is 116 Å². The van der Waals surface area contributed by atoms with Gasteiger partial charge in [-0.15, -0.1) is 0 Å². The van der Waals surface area contributed by atoms with Gasteiger partial charge in [0.2, 0.25) is 5.91 Å². The van der Waals surface area contributed by atoms with E-state index in [2.05, 4.69) is 50.7 Å². The molecule has 1 aliphatic carbocycles. The largest absolute Gasteiger partial charge is 0.445 e. The summed E-state index contributed by atoms with van der Waals surface area (Å²) in [5, 5.41) is 56.1. The van der Waals surface area contributed by atoms with Gasteiger partial charge in [0.1, 0.15) is 49.3 Å². The number of hydrogen-bond acceptors (Lipinski definition) is 18. The number of nitrogens with one attached hydrogen (secondary N) is 2. The maximum absolute atomic E-state index is 15.0. The molecule has 28 heteroatoms. The van der Waals surface area contributed by atoms with Crippen molar-refractivity contribution in [3.05, 3.63) is 221 Å². The molecule has 5 aromatic carbocycles. The van der Waals surface area contributed by atoms with Gasteiger partial charge >= 0.3 is 6.09 Å². The predicted molar refractivity (Wildman–Crippen MR) is 305 cm³/mol. The molecule has 452 valence electrons. The van der Waals surface area contributed by atoms with Crippen molar-refractivity contribution in [3.8, 4) is 0 Å². The van der Waals surface area contributed by atoms with E-state index in [9.17, 15) is 41.5 Å². The number of nitrogens with zero attached hydrogens (tertiary/aromatic N) is 12. The molecule has 0 spiro atoms. The van der Waals surface area contributed by atoms with Crippen molar-refractivity contribution in [3.63, 3.8) is 0 Å². The molecular formula is C58H66N14O14. The first-order valence-corrected chi connectivity index (χ1v) is 27.7. The summed E-state index contributed by atoms with van der Waals surface area (Å²) < 4.78 is 57.4. The molecule has 1 saturated carbocycles. The fourth-order valence-corrected chi connectivity index (χ4v) is 10.2. The third-order valence-corrected chi connectivity index (χ3v) is 14.5. The Morgan fingerprint density at radius 1 is 0.558 bits per heavy atom. The van der Waals surface area contributed by atoms with Crippen molar-refractivity contribution in [2.75, 3.05) is 19.7 Å². The lowest BCUT2D eigenvalue weighted by molar-refractivity contribution is -0.329. The fourth-order valence-electron chi connectivity index (χ4n) is 10.2. The van der Waals surface area contributed by atoms with E-state index >= 15 is 0 Å². The van der Waals surface area contributed by atoms with Crippen LogP contribution in [0.15, 0.2) is 172 Å². The molecule has 0 unspecified atom stereocenters. The summed E-state index contributed by atoms with van der Waals surface area (Å²) in [6.45, 7) is -0.825. The molecule has 3 fully saturated rings. The Morgan fingerprint density at radius 3 is 1.64 bits per heavy atom. The highest BCUT2D eigenvalue weighted by Gasteiger charge is 2.55. The Kier molecular flexibility index (Phi) is 24.7. The first kappa shape index (κ1) is 63.7. The first-order chi connectivity index (χ1) is 42.1. The minimum absolute atomic E-state index is 0.0171. The van der Waals surface area contributed by atoms with Crippen molar-refractivity contribution in [1.82, 2.24) is 10.6 Å². The Hall–Kier alpha value is -8.36. The molecule has 0 aromatic heterocycles. The zero-order chi connectivity index (χ0) is 60.5. The molecule has 5 N–H and O–H groups in total. The van der Waals surface area contributed by atoms with Crippen molar-refractivity contribution in [1.29, 1.82) is 0 Å². The van der Waals surface area contributed by atoms with Crippen LogP contribution in [0.2, 0.25) is 0 Å². The second-order valence-corrected chi connectivity index (χ2v) is 20.3. The zero-order valence-electron chi connectivity index (χ0n) is 46.4. The number of rotatable bonds is 29. The lowest BCUT2D eigenvalue weighted by atomic mass is 9.83. The summed E-state index contributed by atoms with van der Waals surface area (Å²) in [6, 6.07) is 39.9. The standard InChI is InChI=1S/C58H66N14O14/c59-69-64-29-44-48(73)49(74)46(67-71-61)56(83-44)85-52-42(66-70-60)28-41(65-55(76)43(79-31-37-18-8-2-9-19-37)26-27-63-58(77)82-34-40-24-14-5-15-25-40)51(50(52)75)86-57-54(81-33-39-22-12-4-13-23-39)47(68-72-62)53(80-32-38-20-10-3-11-21-38)45(84-57)35-78-30-36-16-6-1-7-17-36/h1-25,41-54,56-57,73-75H,26-35H2,(H,63,77)(H,65,76)/t41-,42+,43+,44-,45-,46-,47+,48-,49-,50-,51+,52-,53-,54-,56-,57-/m1/s1. The van der Waals surface area contributed by atoms with Crippen LogP contribution in [-0.4, -0.2) is 145 Å². The van der Waals surface area contributed by atoms with Crippen LogP contribution in [-0.2, 0) is 80.5 Å².